The van der Waals surface area contributed by atoms with Crippen molar-refractivity contribution < 1.29 is 17.9 Å². The van der Waals surface area contributed by atoms with Crippen LogP contribution in [0, 0.1) is 6.92 Å². The fraction of sp³-hybridized carbons (Fsp3) is 0.381. The van der Waals surface area contributed by atoms with Crippen molar-refractivity contribution in [2.45, 2.75) is 33.2 Å². The lowest BCUT2D eigenvalue weighted by molar-refractivity contribution is 0.0935. The molecule has 2 rings (SSSR count). The number of hydrogen-bond donors (Lipinski definition) is 1. The summed E-state index contributed by atoms with van der Waals surface area (Å²) in [5.74, 6) is 0.630. The number of benzene rings is 2. The van der Waals surface area contributed by atoms with E-state index in [-0.39, 0.29) is 17.7 Å². The molecule has 6 nitrogen and oxygen atoms in total. The van der Waals surface area contributed by atoms with Crippen LogP contribution in [0.5, 0.6) is 5.75 Å². The highest BCUT2D eigenvalue weighted by molar-refractivity contribution is 7.92. The maximum absolute atomic E-state index is 12.7. The molecule has 1 amide bonds. The van der Waals surface area contributed by atoms with E-state index in [1.807, 2.05) is 32.0 Å². The summed E-state index contributed by atoms with van der Waals surface area (Å²) in [6.45, 7) is 5.58. The SMILES string of the molecule is CC[C@H](NC(=O)c1ccc(N(C)S(=O)(=O)CC)cc1)c1ccc(OC)c(C)c1. The quantitative estimate of drug-likeness (QED) is 0.728. The van der Waals surface area contributed by atoms with Crippen molar-refractivity contribution in [1.82, 2.24) is 5.32 Å². The maximum Gasteiger partial charge on any atom is 0.251 e. The third-order valence-corrected chi connectivity index (χ3v) is 6.58. The molecule has 0 saturated heterocycles. The third kappa shape index (κ3) is 4.84. The first-order valence-electron chi connectivity index (χ1n) is 9.25. The second-order valence-electron chi connectivity index (χ2n) is 6.58. The minimum absolute atomic E-state index is 0.0190. The summed E-state index contributed by atoms with van der Waals surface area (Å²) >= 11 is 0. The van der Waals surface area contributed by atoms with Crippen molar-refractivity contribution in [2.24, 2.45) is 0 Å². The van der Waals surface area contributed by atoms with Crippen LogP contribution in [0.25, 0.3) is 0 Å². The Hall–Kier alpha value is -2.54. The lowest BCUT2D eigenvalue weighted by Crippen LogP contribution is -2.29. The fourth-order valence-electron chi connectivity index (χ4n) is 2.96. The Morgan fingerprint density at radius 1 is 1.14 bits per heavy atom. The molecule has 0 spiro atoms. The zero-order valence-corrected chi connectivity index (χ0v) is 17.8. The lowest BCUT2D eigenvalue weighted by atomic mass is 10.0. The van der Waals surface area contributed by atoms with Gasteiger partial charge in [-0.1, -0.05) is 19.1 Å². The van der Waals surface area contributed by atoms with Gasteiger partial charge >= 0.3 is 0 Å². The number of nitrogens with zero attached hydrogens (tertiary/aromatic N) is 1. The van der Waals surface area contributed by atoms with Crippen molar-refractivity contribution in [3.05, 3.63) is 59.2 Å². The van der Waals surface area contributed by atoms with Gasteiger partial charge in [-0.3, -0.25) is 9.10 Å². The summed E-state index contributed by atoms with van der Waals surface area (Å²) in [6, 6.07) is 12.3. The predicted molar refractivity (Wildman–Crippen MR) is 113 cm³/mol. The Morgan fingerprint density at radius 2 is 1.79 bits per heavy atom. The van der Waals surface area contributed by atoms with E-state index >= 15 is 0 Å². The molecular formula is C21H28N2O4S. The Balaban J connectivity index is 2.16. The lowest BCUT2D eigenvalue weighted by Gasteiger charge is -2.20. The molecule has 0 radical (unpaired) electrons. The van der Waals surface area contributed by atoms with E-state index in [0.717, 1.165) is 23.3 Å². The first kappa shape index (κ1) is 21.8. The molecule has 0 heterocycles. The molecule has 0 aliphatic heterocycles. The summed E-state index contributed by atoms with van der Waals surface area (Å²) < 4.78 is 30.5. The summed E-state index contributed by atoms with van der Waals surface area (Å²) in [7, 11) is -0.191. The van der Waals surface area contributed by atoms with E-state index in [0.29, 0.717) is 11.3 Å². The average Bonchev–Trinajstić information content (AvgIpc) is 2.71. The Morgan fingerprint density at radius 3 is 2.29 bits per heavy atom. The number of ether oxygens (including phenoxy) is 1. The molecule has 1 N–H and O–H groups in total. The number of amides is 1. The number of anilines is 1. The summed E-state index contributed by atoms with van der Waals surface area (Å²) in [6.07, 6.45) is 0.743. The molecule has 28 heavy (non-hydrogen) atoms. The van der Waals surface area contributed by atoms with Gasteiger partial charge in [-0.05, 0) is 61.7 Å². The number of methoxy groups -OCH3 is 1. The van der Waals surface area contributed by atoms with Gasteiger partial charge in [0.2, 0.25) is 10.0 Å². The number of sulfonamides is 1. The number of hydrogen-bond acceptors (Lipinski definition) is 4. The van der Waals surface area contributed by atoms with Crippen molar-refractivity contribution in [2.75, 3.05) is 24.2 Å². The first-order chi connectivity index (χ1) is 13.2. The van der Waals surface area contributed by atoms with E-state index in [4.69, 9.17) is 4.74 Å². The second-order valence-corrected chi connectivity index (χ2v) is 8.87. The molecule has 0 aliphatic rings. The van der Waals surface area contributed by atoms with Crippen LogP contribution in [-0.4, -0.2) is 34.2 Å². The van der Waals surface area contributed by atoms with Gasteiger partial charge in [0.1, 0.15) is 5.75 Å². The number of nitrogens with one attached hydrogen (secondary N) is 1. The highest BCUT2D eigenvalue weighted by Crippen LogP contribution is 2.25. The van der Waals surface area contributed by atoms with E-state index in [1.165, 1.54) is 11.4 Å². The molecule has 1 atom stereocenters. The Labute approximate surface area is 167 Å². The van der Waals surface area contributed by atoms with Gasteiger partial charge in [0, 0.05) is 12.6 Å². The van der Waals surface area contributed by atoms with E-state index < -0.39 is 10.0 Å². The number of carbonyl (C=O) groups excluding carboxylic acids is 1. The highest BCUT2D eigenvalue weighted by Gasteiger charge is 2.18. The standard InChI is InChI=1S/C21H28N2O4S/c1-6-19(17-10-13-20(27-5)15(3)14-17)22-21(24)16-8-11-18(12-9-16)23(4)28(25,26)7-2/h8-14,19H,6-7H2,1-5H3,(H,22,24)/t19-/m0/s1. The molecule has 152 valence electrons. The topological polar surface area (TPSA) is 75.7 Å². The average molecular weight is 405 g/mol. The van der Waals surface area contributed by atoms with Gasteiger partial charge < -0.3 is 10.1 Å². The van der Waals surface area contributed by atoms with Crippen LogP contribution < -0.4 is 14.4 Å². The zero-order chi connectivity index (χ0) is 20.9. The zero-order valence-electron chi connectivity index (χ0n) is 17.0. The van der Waals surface area contributed by atoms with E-state index in [1.54, 1.807) is 38.3 Å². The highest BCUT2D eigenvalue weighted by atomic mass is 32.2. The van der Waals surface area contributed by atoms with Crippen molar-refractivity contribution in [1.29, 1.82) is 0 Å². The molecular weight excluding hydrogens is 376 g/mol. The second kappa shape index (κ2) is 9.10. The number of aryl methyl sites for hydroxylation is 1. The molecule has 0 unspecified atom stereocenters. The molecule has 2 aromatic carbocycles. The van der Waals surface area contributed by atoms with Crippen molar-refractivity contribution in [3.63, 3.8) is 0 Å². The van der Waals surface area contributed by atoms with E-state index in [9.17, 15) is 13.2 Å². The van der Waals surface area contributed by atoms with Crippen LogP contribution in [0.3, 0.4) is 0 Å². The minimum atomic E-state index is -3.33. The van der Waals surface area contributed by atoms with Gasteiger partial charge in [-0.15, -0.1) is 0 Å². The molecule has 0 aliphatic carbocycles. The van der Waals surface area contributed by atoms with Crippen LogP contribution in [0.1, 0.15) is 47.8 Å². The Bertz CT molecular complexity index is 924. The maximum atomic E-state index is 12.7. The Kier molecular flexibility index (Phi) is 7.07. The third-order valence-electron chi connectivity index (χ3n) is 4.81. The van der Waals surface area contributed by atoms with Crippen molar-refractivity contribution in [3.8, 4) is 5.75 Å². The summed E-state index contributed by atoms with van der Waals surface area (Å²) in [4.78, 5) is 12.7. The minimum Gasteiger partial charge on any atom is -0.496 e. The number of carbonyl (C=O) groups is 1. The fourth-order valence-corrected chi connectivity index (χ4v) is 3.79. The van der Waals surface area contributed by atoms with Crippen LogP contribution in [0.4, 0.5) is 5.69 Å². The monoisotopic (exact) mass is 404 g/mol. The molecule has 0 aromatic heterocycles. The predicted octanol–water partition coefficient (Wildman–Crippen LogP) is 3.67. The molecule has 0 saturated carbocycles. The normalized spacial score (nSPS) is 12.3. The van der Waals surface area contributed by atoms with Gasteiger partial charge in [0.05, 0.1) is 24.6 Å². The molecule has 0 fully saturated rings. The largest absolute Gasteiger partial charge is 0.496 e. The van der Waals surface area contributed by atoms with Crippen LogP contribution in [-0.2, 0) is 10.0 Å². The van der Waals surface area contributed by atoms with Gasteiger partial charge in [-0.25, -0.2) is 8.42 Å². The summed E-state index contributed by atoms with van der Waals surface area (Å²) in [5, 5.41) is 3.04. The molecule has 7 heteroatoms. The number of rotatable bonds is 8. The van der Waals surface area contributed by atoms with Crippen LogP contribution in [0.2, 0.25) is 0 Å². The van der Waals surface area contributed by atoms with Crippen LogP contribution >= 0.6 is 0 Å². The molecule has 2 aromatic rings. The summed E-state index contributed by atoms with van der Waals surface area (Å²) in [5.41, 5.74) is 3.03. The van der Waals surface area contributed by atoms with E-state index in [2.05, 4.69) is 5.32 Å². The smallest absolute Gasteiger partial charge is 0.251 e. The van der Waals surface area contributed by atoms with Gasteiger partial charge in [-0.2, -0.15) is 0 Å². The first-order valence-corrected chi connectivity index (χ1v) is 10.9. The van der Waals surface area contributed by atoms with Gasteiger partial charge in [0.15, 0.2) is 0 Å². The van der Waals surface area contributed by atoms with Crippen molar-refractivity contribution >= 4 is 21.6 Å². The molecule has 0 bridgehead atoms. The van der Waals surface area contributed by atoms with Gasteiger partial charge in [0.25, 0.3) is 5.91 Å². The van der Waals surface area contributed by atoms with Crippen LogP contribution in [0.15, 0.2) is 42.5 Å².